The van der Waals surface area contributed by atoms with Gasteiger partial charge in [-0.05, 0) is 30.2 Å². The number of ether oxygens (including phenoxy) is 1. The zero-order valence-electron chi connectivity index (χ0n) is 14.5. The van der Waals surface area contributed by atoms with E-state index in [-0.39, 0.29) is 17.3 Å². The molecule has 8 nitrogen and oxygen atoms in total. The Labute approximate surface area is 159 Å². The number of thioether (sulfide) groups is 1. The summed E-state index contributed by atoms with van der Waals surface area (Å²) < 4.78 is 10.6. The first-order chi connectivity index (χ1) is 13.0. The Kier molecular flexibility index (Phi) is 5.92. The minimum atomic E-state index is -0.489. The van der Waals surface area contributed by atoms with Gasteiger partial charge in [0.25, 0.3) is 10.9 Å². The van der Waals surface area contributed by atoms with Crippen LogP contribution in [0.3, 0.4) is 0 Å². The Balaban J connectivity index is 1.47. The summed E-state index contributed by atoms with van der Waals surface area (Å²) >= 11 is 1.14. The third-order valence-corrected chi connectivity index (χ3v) is 4.61. The zero-order chi connectivity index (χ0) is 19.2. The number of oxazole rings is 1. The molecule has 3 aromatic rings. The van der Waals surface area contributed by atoms with Crippen LogP contribution in [0.1, 0.15) is 5.56 Å². The van der Waals surface area contributed by atoms with Crippen LogP contribution in [-0.4, -0.2) is 35.2 Å². The zero-order valence-corrected chi connectivity index (χ0v) is 15.3. The SMILES string of the molecule is COc1ccc(CCNC(=O)CSc2nc3cc([N+](=O)[O-])ccc3o2)cc1. The van der Waals surface area contributed by atoms with E-state index in [9.17, 15) is 14.9 Å². The van der Waals surface area contributed by atoms with Gasteiger partial charge < -0.3 is 14.5 Å². The first kappa shape index (κ1) is 18.7. The van der Waals surface area contributed by atoms with Gasteiger partial charge in [0.15, 0.2) is 5.58 Å². The van der Waals surface area contributed by atoms with Crippen LogP contribution in [0.25, 0.3) is 11.1 Å². The maximum Gasteiger partial charge on any atom is 0.271 e. The molecule has 0 saturated heterocycles. The summed E-state index contributed by atoms with van der Waals surface area (Å²) in [7, 11) is 1.62. The number of fused-ring (bicyclic) bond motifs is 1. The topological polar surface area (TPSA) is 108 Å². The fraction of sp³-hybridized carbons (Fsp3) is 0.222. The van der Waals surface area contributed by atoms with Gasteiger partial charge >= 0.3 is 0 Å². The molecule has 9 heteroatoms. The number of nitrogens with zero attached hydrogens (tertiary/aromatic N) is 2. The smallest absolute Gasteiger partial charge is 0.271 e. The van der Waals surface area contributed by atoms with Crippen molar-refractivity contribution in [1.29, 1.82) is 0 Å². The number of aromatic nitrogens is 1. The molecule has 0 bridgehead atoms. The van der Waals surface area contributed by atoms with Crippen molar-refractivity contribution in [3.8, 4) is 5.75 Å². The number of methoxy groups -OCH3 is 1. The number of rotatable bonds is 8. The number of nitrogens with one attached hydrogen (secondary N) is 1. The highest BCUT2D eigenvalue weighted by atomic mass is 32.2. The lowest BCUT2D eigenvalue weighted by Gasteiger charge is -2.05. The van der Waals surface area contributed by atoms with Gasteiger partial charge in [-0.15, -0.1) is 0 Å². The second-order valence-electron chi connectivity index (χ2n) is 5.63. The van der Waals surface area contributed by atoms with Crippen molar-refractivity contribution in [1.82, 2.24) is 10.3 Å². The van der Waals surface area contributed by atoms with Crippen molar-refractivity contribution in [3.63, 3.8) is 0 Å². The van der Waals surface area contributed by atoms with Crippen molar-refractivity contribution < 1.29 is 18.9 Å². The number of non-ortho nitro benzene ring substituents is 1. The number of benzene rings is 2. The summed E-state index contributed by atoms with van der Waals surface area (Å²) in [6.07, 6.45) is 0.715. The van der Waals surface area contributed by atoms with Crippen molar-refractivity contribution in [2.75, 3.05) is 19.4 Å². The highest BCUT2D eigenvalue weighted by Crippen LogP contribution is 2.26. The highest BCUT2D eigenvalue weighted by Gasteiger charge is 2.13. The molecule has 1 heterocycles. The first-order valence-electron chi connectivity index (χ1n) is 8.12. The van der Waals surface area contributed by atoms with Crippen LogP contribution in [-0.2, 0) is 11.2 Å². The van der Waals surface area contributed by atoms with Gasteiger partial charge in [0.2, 0.25) is 5.91 Å². The fourth-order valence-corrected chi connectivity index (χ4v) is 3.05. The number of hydrogen-bond acceptors (Lipinski definition) is 7. The summed E-state index contributed by atoms with van der Waals surface area (Å²) in [5.41, 5.74) is 1.89. The quantitative estimate of drug-likeness (QED) is 0.359. The van der Waals surface area contributed by atoms with E-state index in [0.717, 1.165) is 23.1 Å². The van der Waals surface area contributed by atoms with E-state index in [1.807, 2.05) is 24.3 Å². The minimum Gasteiger partial charge on any atom is -0.497 e. The van der Waals surface area contributed by atoms with Crippen molar-refractivity contribution in [2.45, 2.75) is 11.6 Å². The molecule has 0 saturated carbocycles. The summed E-state index contributed by atoms with van der Waals surface area (Å²) in [5, 5.41) is 13.9. The number of carbonyl (C=O) groups is 1. The molecule has 0 aliphatic heterocycles. The Morgan fingerprint density at radius 1 is 1.30 bits per heavy atom. The fourth-order valence-electron chi connectivity index (χ4n) is 2.39. The standard InChI is InChI=1S/C18H17N3O5S/c1-25-14-5-2-12(3-6-14)8-9-19-17(22)11-27-18-20-15-10-13(21(23)24)4-7-16(15)26-18/h2-7,10H,8-9,11H2,1H3,(H,19,22). The monoisotopic (exact) mass is 387 g/mol. The lowest BCUT2D eigenvalue weighted by molar-refractivity contribution is -0.384. The molecule has 1 aromatic heterocycles. The number of hydrogen-bond donors (Lipinski definition) is 1. The molecule has 2 aromatic carbocycles. The van der Waals surface area contributed by atoms with Crippen molar-refractivity contribution in [3.05, 3.63) is 58.1 Å². The Morgan fingerprint density at radius 3 is 2.78 bits per heavy atom. The summed E-state index contributed by atoms with van der Waals surface area (Å²) in [6, 6.07) is 11.9. The van der Waals surface area contributed by atoms with Gasteiger partial charge in [0.05, 0.1) is 17.8 Å². The van der Waals surface area contributed by atoms with Crippen LogP contribution in [0, 0.1) is 10.1 Å². The van der Waals surface area contributed by atoms with Gasteiger partial charge in [0.1, 0.15) is 11.3 Å². The van der Waals surface area contributed by atoms with Crippen LogP contribution >= 0.6 is 11.8 Å². The first-order valence-corrected chi connectivity index (χ1v) is 9.11. The van der Waals surface area contributed by atoms with E-state index in [2.05, 4.69) is 10.3 Å². The molecule has 0 atom stereocenters. The average molecular weight is 387 g/mol. The second-order valence-corrected chi connectivity index (χ2v) is 6.55. The molecule has 27 heavy (non-hydrogen) atoms. The van der Waals surface area contributed by atoms with Gasteiger partial charge in [0, 0.05) is 18.7 Å². The third kappa shape index (κ3) is 4.98. The molecule has 0 radical (unpaired) electrons. The van der Waals surface area contributed by atoms with E-state index in [4.69, 9.17) is 9.15 Å². The predicted molar refractivity (Wildman–Crippen MR) is 101 cm³/mol. The molecule has 0 fully saturated rings. The lowest BCUT2D eigenvalue weighted by Crippen LogP contribution is -2.27. The van der Waals surface area contributed by atoms with Gasteiger partial charge in [-0.25, -0.2) is 4.98 Å². The Morgan fingerprint density at radius 2 is 2.07 bits per heavy atom. The molecular formula is C18H17N3O5S. The predicted octanol–water partition coefficient (Wildman–Crippen LogP) is 3.20. The minimum absolute atomic E-state index is 0.0522. The molecule has 0 aliphatic rings. The molecule has 0 spiro atoms. The maximum absolute atomic E-state index is 12.0. The van der Waals surface area contributed by atoms with Crippen LogP contribution in [0.2, 0.25) is 0 Å². The number of nitro groups is 1. The van der Waals surface area contributed by atoms with E-state index in [1.165, 1.54) is 18.2 Å². The molecule has 1 N–H and O–H groups in total. The summed E-state index contributed by atoms with van der Waals surface area (Å²) in [5.74, 6) is 0.807. The van der Waals surface area contributed by atoms with Crippen molar-refractivity contribution >= 4 is 34.5 Å². The van der Waals surface area contributed by atoms with Gasteiger partial charge in [-0.2, -0.15) is 0 Å². The molecular weight excluding hydrogens is 370 g/mol. The van der Waals surface area contributed by atoms with Crippen LogP contribution in [0.4, 0.5) is 5.69 Å². The van der Waals surface area contributed by atoms with E-state index in [0.29, 0.717) is 29.3 Å². The molecule has 0 aliphatic carbocycles. The largest absolute Gasteiger partial charge is 0.497 e. The maximum atomic E-state index is 12.0. The molecule has 140 valence electrons. The lowest BCUT2D eigenvalue weighted by atomic mass is 10.1. The molecule has 3 rings (SSSR count). The van der Waals surface area contributed by atoms with Gasteiger partial charge in [-0.1, -0.05) is 23.9 Å². The second kappa shape index (κ2) is 8.54. The normalized spacial score (nSPS) is 10.7. The number of nitro benzene ring substituents is 1. The average Bonchev–Trinajstić information content (AvgIpc) is 3.09. The Hall–Kier alpha value is -3.07. The highest BCUT2D eigenvalue weighted by molar-refractivity contribution is 7.99. The summed E-state index contributed by atoms with van der Waals surface area (Å²) in [6.45, 7) is 0.519. The van der Waals surface area contributed by atoms with Crippen LogP contribution in [0.15, 0.2) is 52.1 Å². The van der Waals surface area contributed by atoms with Crippen LogP contribution < -0.4 is 10.1 Å². The van der Waals surface area contributed by atoms with Crippen LogP contribution in [0.5, 0.6) is 5.75 Å². The van der Waals surface area contributed by atoms with E-state index >= 15 is 0 Å². The molecule has 0 unspecified atom stereocenters. The summed E-state index contributed by atoms with van der Waals surface area (Å²) in [4.78, 5) is 26.4. The Bertz CT molecular complexity index is 955. The molecule has 1 amide bonds. The third-order valence-electron chi connectivity index (χ3n) is 3.78. The van der Waals surface area contributed by atoms with E-state index < -0.39 is 4.92 Å². The number of carbonyl (C=O) groups excluding carboxylic acids is 1. The van der Waals surface area contributed by atoms with E-state index in [1.54, 1.807) is 7.11 Å². The van der Waals surface area contributed by atoms with Gasteiger partial charge in [-0.3, -0.25) is 14.9 Å². The number of amides is 1. The van der Waals surface area contributed by atoms with Crippen molar-refractivity contribution in [2.24, 2.45) is 0 Å².